The van der Waals surface area contributed by atoms with Gasteiger partial charge < -0.3 is 15.2 Å². The van der Waals surface area contributed by atoms with E-state index in [9.17, 15) is 5.11 Å². The summed E-state index contributed by atoms with van der Waals surface area (Å²) in [7, 11) is -1.51. The quantitative estimate of drug-likeness (QED) is 0.524. The van der Waals surface area contributed by atoms with E-state index in [-0.39, 0.29) is 0 Å². The van der Waals surface area contributed by atoms with Crippen LogP contribution in [0.25, 0.3) is 0 Å². The number of rotatable bonds is 3. The molecule has 0 spiro atoms. The lowest BCUT2D eigenvalue weighted by Gasteiger charge is -2.16. The van der Waals surface area contributed by atoms with Crippen molar-refractivity contribution in [1.82, 2.24) is 9.78 Å². The molecule has 0 radical (unpaired) electrons. The second kappa shape index (κ2) is 3.72. The highest BCUT2D eigenvalue weighted by Crippen LogP contribution is 2.04. The third-order valence-corrected chi connectivity index (χ3v) is 1.81. The predicted molar refractivity (Wildman–Crippen MR) is 53.1 cm³/mol. The Hall–Kier alpha value is -0.845. The van der Waals surface area contributed by atoms with E-state index in [4.69, 9.17) is 10.0 Å². The maximum atomic E-state index is 9.52. The summed E-state index contributed by atoms with van der Waals surface area (Å²) in [6.45, 7) is 5.34. The summed E-state index contributed by atoms with van der Waals surface area (Å²) in [5, 5.41) is 31.5. The first-order chi connectivity index (χ1) is 6.29. The first kappa shape index (κ1) is 11.2. The minimum Gasteiger partial charge on any atom is -0.423 e. The lowest BCUT2D eigenvalue weighted by Crippen LogP contribution is -2.31. The van der Waals surface area contributed by atoms with Crippen LogP contribution in [0, 0.1) is 6.92 Å². The summed E-state index contributed by atoms with van der Waals surface area (Å²) >= 11 is 0. The Bertz CT molecular complexity index is 317. The van der Waals surface area contributed by atoms with Gasteiger partial charge in [0.25, 0.3) is 0 Å². The molecule has 1 heterocycles. The van der Waals surface area contributed by atoms with Crippen LogP contribution < -0.4 is 5.46 Å². The predicted octanol–water partition coefficient (Wildman–Crippen LogP) is -1.36. The zero-order chi connectivity index (χ0) is 10.9. The molecule has 1 aromatic rings. The van der Waals surface area contributed by atoms with Gasteiger partial charge in [-0.2, -0.15) is 5.10 Å². The van der Waals surface area contributed by atoms with Crippen LogP contribution in [0.2, 0.25) is 0 Å². The highest BCUT2D eigenvalue weighted by molar-refractivity contribution is 6.59. The zero-order valence-corrected chi connectivity index (χ0v) is 8.60. The molecule has 0 saturated heterocycles. The minimum absolute atomic E-state index is 0.320. The summed E-state index contributed by atoms with van der Waals surface area (Å²) < 4.78 is 1.50. The fourth-order valence-electron chi connectivity index (χ4n) is 1.26. The minimum atomic E-state index is -1.51. The Labute approximate surface area is 83.1 Å². The van der Waals surface area contributed by atoms with Gasteiger partial charge in [-0.3, -0.25) is 4.68 Å². The SMILES string of the molecule is Cc1nn(CC(C)(C)O)cc1B(O)O. The molecule has 0 aromatic carbocycles. The molecule has 1 aromatic heterocycles. The molecule has 5 nitrogen and oxygen atoms in total. The van der Waals surface area contributed by atoms with Crippen molar-refractivity contribution >= 4 is 12.6 Å². The average Bonchev–Trinajstić information content (AvgIpc) is 2.26. The highest BCUT2D eigenvalue weighted by Gasteiger charge is 2.20. The normalized spacial score (nSPS) is 11.9. The second-order valence-corrected chi connectivity index (χ2v) is 4.05. The van der Waals surface area contributed by atoms with E-state index in [0.29, 0.717) is 17.7 Å². The molecular weight excluding hydrogens is 183 g/mol. The van der Waals surface area contributed by atoms with Gasteiger partial charge in [0.05, 0.1) is 17.8 Å². The number of aliphatic hydroxyl groups is 1. The zero-order valence-electron chi connectivity index (χ0n) is 8.60. The van der Waals surface area contributed by atoms with Gasteiger partial charge in [-0.15, -0.1) is 0 Å². The van der Waals surface area contributed by atoms with E-state index in [1.807, 2.05) is 0 Å². The standard InChI is InChI=1S/C8H15BN2O3/c1-6-7(9(13)14)4-11(10-6)5-8(2,3)12/h4,12-14H,5H2,1-3H3. The van der Waals surface area contributed by atoms with E-state index in [2.05, 4.69) is 5.10 Å². The van der Waals surface area contributed by atoms with Crippen LogP contribution in [0.4, 0.5) is 0 Å². The molecule has 0 saturated carbocycles. The van der Waals surface area contributed by atoms with Crippen LogP contribution in [0.3, 0.4) is 0 Å². The lowest BCUT2D eigenvalue weighted by molar-refractivity contribution is 0.0577. The van der Waals surface area contributed by atoms with Crippen molar-refractivity contribution in [2.45, 2.75) is 32.9 Å². The van der Waals surface area contributed by atoms with E-state index in [1.165, 1.54) is 10.9 Å². The fourth-order valence-corrected chi connectivity index (χ4v) is 1.26. The van der Waals surface area contributed by atoms with Gasteiger partial charge in [0.1, 0.15) is 0 Å². The second-order valence-electron chi connectivity index (χ2n) is 4.05. The average molecular weight is 198 g/mol. The largest absolute Gasteiger partial charge is 0.491 e. The van der Waals surface area contributed by atoms with Gasteiger partial charge in [0.15, 0.2) is 0 Å². The molecular formula is C8H15BN2O3. The molecule has 6 heteroatoms. The summed E-state index contributed by atoms with van der Waals surface area (Å²) in [5.74, 6) is 0. The Morgan fingerprint density at radius 2 is 2.07 bits per heavy atom. The molecule has 14 heavy (non-hydrogen) atoms. The molecule has 1 rings (SSSR count). The fraction of sp³-hybridized carbons (Fsp3) is 0.625. The molecule has 0 aliphatic rings. The number of aryl methyl sites for hydroxylation is 1. The van der Waals surface area contributed by atoms with Crippen molar-refractivity contribution in [3.8, 4) is 0 Å². The smallest absolute Gasteiger partial charge is 0.423 e. The van der Waals surface area contributed by atoms with E-state index < -0.39 is 12.7 Å². The van der Waals surface area contributed by atoms with Crippen LogP contribution >= 0.6 is 0 Å². The van der Waals surface area contributed by atoms with Crippen molar-refractivity contribution in [2.75, 3.05) is 0 Å². The van der Waals surface area contributed by atoms with Gasteiger partial charge in [-0.1, -0.05) is 0 Å². The van der Waals surface area contributed by atoms with Crippen LogP contribution in [-0.4, -0.2) is 37.7 Å². The lowest BCUT2D eigenvalue weighted by atomic mass is 9.81. The highest BCUT2D eigenvalue weighted by atomic mass is 16.4. The van der Waals surface area contributed by atoms with Crippen molar-refractivity contribution in [3.63, 3.8) is 0 Å². The van der Waals surface area contributed by atoms with E-state index >= 15 is 0 Å². The molecule has 0 atom stereocenters. The Kier molecular flexibility index (Phi) is 2.99. The van der Waals surface area contributed by atoms with Gasteiger partial charge in [-0.25, -0.2) is 0 Å². The summed E-state index contributed by atoms with van der Waals surface area (Å²) in [5.41, 5.74) is 0.0642. The maximum absolute atomic E-state index is 9.52. The molecule has 0 fully saturated rings. The van der Waals surface area contributed by atoms with E-state index in [1.54, 1.807) is 20.8 Å². The first-order valence-electron chi connectivity index (χ1n) is 4.42. The van der Waals surface area contributed by atoms with Crippen LogP contribution in [0.15, 0.2) is 6.20 Å². The Balaban J connectivity index is 2.86. The van der Waals surface area contributed by atoms with Crippen molar-refractivity contribution in [2.24, 2.45) is 0 Å². The molecule has 0 unspecified atom stereocenters. The summed E-state index contributed by atoms with van der Waals surface area (Å²) in [6, 6.07) is 0. The molecule has 3 N–H and O–H groups in total. The number of nitrogens with zero attached hydrogens (tertiary/aromatic N) is 2. The molecule has 0 aliphatic carbocycles. The van der Waals surface area contributed by atoms with Gasteiger partial charge in [-0.05, 0) is 20.8 Å². The van der Waals surface area contributed by atoms with E-state index in [0.717, 1.165) is 0 Å². The first-order valence-corrected chi connectivity index (χ1v) is 4.42. The van der Waals surface area contributed by atoms with Crippen molar-refractivity contribution < 1.29 is 15.2 Å². The Morgan fingerprint density at radius 3 is 2.43 bits per heavy atom. The topological polar surface area (TPSA) is 78.5 Å². The molecule has 0 aliphatic heterocycles. The monoisotopic (exact) mass is 198 g/mol. The third kappa shape index (κ3) is 2.83. The van der Waals surface area contributed by atoms with Gasteiger partial charge in [0.2, 0.25) is 0 Å². The van der Waals surface area contributed by atoms with Crippen molar-refractivity contribution in [3.05, 3.63) is 11.9 Å². The molecule has 78 valence electrons. The Morgan fingerprint density at radius 1 is 1.50 bits per heavy atom. The van der Waals surface area contributed by atoms with Crippen LogP contribution in [0.5, 0.6) is 0 Å². The molecule has 0 bridgehead atoms. The van der Waals surface area contributed by atoms with Crippen LogP contribution in [0.1, 0.15) is 19.5 Å². The number of hydrogen-bond acceptors (Lipinski definition) is 4. The number of aromatic nitrogens is 2. The van der Waals surface area contributed by atoms with Crippen LogP contribution in [-0.2, 0) is 6.54 Å². The third-order valence-electron chi connectivity index (χ3n) is 1.81. The summed E-state index contributed by atoms with van der Waals surface area (Å²) in [4.78, 5) is 0. The van der Waals surface area contributed by atoms with Gasteiger partial charge >= 0.3 is 7.12 Å². The van der Waals surface area contributed by atoms with Gasteiger partial charge in [0, 0.05) is 11.7 Å². The maximum Gasteiger partial charge on any atom is 0.491 e. The summed E-state index contributed by atoms with van der Waals surface area (Å²) in [6.07, 6.45) is 1.53. The van der Waals surface area contributed by atoms with Crippen molar-refractivity contribution in [1.29, 1.82) is 0 Å². The number of hydrogen-bond donors (Lipinski definition) is 3. The molecule has 0 amide bonds.